The molecule has 0 heterocycles. The molecule has 1 atom stereocenters. The molecule has 0 N–H and O–H groups in total. The molecule has 0 amide bonds. The maximum absolute atomic E-state index is 3.53. The second-order valence-corrected chi connectivity index (χ2v) is 15.0. The summed E-state index contributed by atoms with van der Waals surface area (Å²) in [5.74, 6) is 0.518. The van der Waals surface area contributed by atoms with Crippen LogP contribution in [0.3, 0.4) is 0 Å². The van der Waals surface area contributed by atoms with Gasteiger partial charge >= 0.3 is 63.8 Å². The normalized spacial score (nSPS) is 15.2. The van der Waals surface area contributed by atoms with E-state index in [1.54, 1.807) is 0 Å². The Morgan fingerprint density at radius 3 is 1.76 bits per heavy atom. The molecule has 0 saturated carbocycles. The van der Waals surface area contributed by atoms with Gasteiger partial charge in [-0.3, -0.25) is 6.08 Å². The molecule has 0 bridgehead atoms. The monoisotopic (exact) mass is 676 g/mol. The van der Waals surface area contributed by atoms with E-state index >= 15 is 0 Å². The molecule has 0 saturated heterocycles. The van der Waals surface area contributed by atoms with Crippen molar-refractivity contribution in [3.63, 3.8) is 0 Å². The Kier molecular flexibility index (Phi) is 14.2. The number of hydrogen-bond acceptors (Lipinski definition) is 0. The third-order valence-corrected chi connectivity index (χ3v) is 8.38. The zero-order valence-electron chi connectivity index (χ0n) is 27.5. The van der Waals surface area contributed by atoms with Crippen LogP contribution in [-0.4, -0.2) is 3.71 Å². The van der Waals surface area contributed by atoms with Gasteiger partial charge in [0, 0.05) is 0 Å². The molecule has 1 unspecified atom stereocenters. The van der Waals surface area contributed by atoms with E-state index in [0.29, 0.717) is 11.3 Å². The number of benzene rings is 3. The summed E-state index contributed by atoms with van der Waals surface area (Å²) < 4.78 is 2.17. The topological polar surface area (TPSA) is 0 Å². The number of fused-ring (bicyclic) bond motifs is 3. The van der Waals surface area contributed by atoms with Gasteiger partial charge in [-0.15, -0.1) is 5.56 Å². The quantitative estimate of drug-likeness (QED) is 0.262. The number of rotatable bonds is 1. The SMILES string of the molecule is CC(C)(C)c1c[c-]c2c(c1)-c1cc(C(C)(C)C)ccc1C2.CC1=[C-]C(C)C=C1C(C)(C)C.[Cl-].[Cl-].[Zr+2]=[CH]c1ccccc1. The Morgan fingerprint density at radius 1 is 0.762 bits per heavy atom. The Labute approximate surface area is 284 Å². The molecule has 5 rings (SSSR count). The second-order valence-electron chi connectivity index (χ2n) is 14.3. The molecular formula is C39H48Cl2Zr-2. The van der Waals surface area contributed by atoms with Crippen LogP contribution in [0.4, 0.5) is 0 Å². The molecule has 0 radical (unpaired) electrons. The van der Waals surface area contributed by atoms with Crippen molar-refractivity contribution in [3.8, 4) is 11.1 Å². The Bertz CT molecular complexity index is 1330. The van der Waals surface area contributed by atoms with Gasteiger partial charge in [0.25, 0.3) is 0 Å². The van der Waals surface area contributed by atoms with Crippen LogP contribution in [0.2, 0.25) is 0 Å². The number of allylic oxidation sites excluding steroid dienone is 4. The van der Waals surface area contributed by atoms with E-state index < -0.39 is 0 Å². The van der Waals surface area contributed by atoms with E-state index in [9.17, 15) is 0 Å². The van der Waals surface area contributed by atoms with Crippen LogP contribution >= 0.6 is 0 Å². The van der Waals surface area contributed by atoms with Crippen molar-refractivity contribution in [2.45, 2.75) is 93.4 Å². The van der Waals surface area contributed by atoms with Gasteiger partial charge in [-0.05, 0) is 17.4 Å². The molecule has 3 aromatic rings. The first kappa shape index (κ1) is 38.5. The number of hydrogen-bond donors (Lipinski definition) is 0. The van der Waals surface area contributed by atoms with Crippen molar-refractivity contribution in [2.24, 2.45) is 11.3 Å². The summed E-state index contributed by atoms with van der Waals surface area (Å²) in [6.07, 6.45) is 6.74. The van der Waals surface area contributed by atoms with E-state index in [0.717, 1.165) is 6.42 Å². The molecule has 0 spiro atoms. The van der Waals surface area contributed by atoms with Crippen molar-refractivity contribution in [3.05, 3.63) is 118 Å². The molecule has 0 aromatic heterocycles. The van der Waals surface area contributed by atoms with Gasteiger partial charge in [0.05, 0.1) is 0 Å². The second kappa shape index (κ2) is 15.5. The summed E-state index contributed by atoms with van der Waals surface area (Å²) in [6, 6.07) is 25.4. The van der Waals surface area contributed by atoms with Crippen molar-refractivity contribution in [1.82, 2.24) is 0 Å². The molecule has 42 heavy (non-hydrogen) atoms. The van der Waals surface area contributed by atoms with Crippen molar-refractivity contribution in [2.75, 3.05) is 0 Å². The summed E-state index contributed by atoms with van der Waals surface area (Å²) in [7, 11) is 0. The molecule has 2 aliphatic rings. The van der Waals surface area contributed by atoms with Crippen LogP contribution in [0.15, 0.2) is 77.9 Å². The average molecular weight is 679 g/mol. The summed E-state index contributed by atoms with van der Waals surface area (Å²) in [4.78, 5) is 0. The third kappa shape index (κ3) is 10.3. The first-order chi connectivity index (χ1) is 18.5. The first-order valence-electron chi connectivity index (χ1n) is 14.6. The van der Waals surface area contributed by atoms with Crippen molar-refractivity contribution < 1.29 is 49.0 Å². The van der Waals surface area contributed by atoms with Gasteiger partial charge < -0.3 is 24.8 Å². The molecule has 0 fully saturated rings. The van der Waals surface area contributed by atoms with E-state index in [1.807, 2.05) is 6.07 Å². The molecule has 224 valence electrons. The standard InChI is InChI=1S/C21H25.C11H17.C7H6.2ClH.Zr/c1-20(2,3)16-9-7-14-11-15-8-10-17(21(4,5)6)13-19(15)18(14)12-16;1-8-6-9(2)10(7-8)11(3,4)5;1-7-5-3-2-4-6-7;;;/h7,9-10,12-13H,11H2,1-6H3;7-8H,1-5H3;1-6H;2*1H;/q2*-1;;;;+2/p-2. The minimum atomic E-state index is 0. The summed E-state index contributed by atoms with van der Waals surface area (Å²) in [5.41, 5.74) is 13.2. The van der Waals surface area contributed by atoms with Crippen LogP contribution in [-0.2, 0) is 41.5 Å². The predicted octanol–water partition coefficient (Wildman–Crippen LogP) is 4.40. The zero-order chi connectivity index (χ0) is 29.9. The third-order valence-electron chi connectivity index (χ3n) is 7.57. The van der Waals surface area contributed by atoms with Gasteiger partial charge in [0.1, 0.15) is 0 Å². The Morgan fingerprint density at radius 2 is 1.33 bits per heavy atom. The predicted molar refractivity (Wildman–Crippen MR) is 172 cm³/mol. The van der Waals surface area contributed by atoms with Gasteiger partial charge in [-0.1, -0.05) is 122 Å². The Hall–Kier alpha value is -1.53. The number of halogens is 2. The summed E-state index contributed by atoms with van der Waals surface area (Å²) >= 11 is 1.46. The van der Waals surface area contributed by atoms with Crippen LogP contribution in [0.25, 0.3) is 11.1 Å². The fourth-order valence-electron chi connectivity index (χ4n) is 5.18. The average Bonchev–Trinajstić information content (AvgIpc) is 3.42. The van der Waals surface area contributed by atoms with E-state index in [-0.39, 0.29) is 35.6 Å². The van der Waals surface area contributed by atoms with Crippen LogP contribution in [0.5, 0.6) is 0 Å². The van der Waals surface area contributed by atoms with Gasteiger partial charge in [-0.25, -0.2) is 5.57 Å². The summed E-state index contributed by atoms with van der Waals surface area (Å²) in [6.45, 7) is 24.7. The molecule has 3 aromatic carbocycles. The van der Waals surface area contributed by atoms with Gasteiger partial charge in [-0.2, -0.15) is 41.0 Å². The van der Waals surface area contributed by atoms with E-state index in [2.05, 4.69) is 153 Å². The van der Waals surface area contributed by atoms with Crippen LogP contribution in [0, 0.1) is 23.5 Å². The maximum atomic E-state index is 3.53. The fourth-order valence-corrected chi connectivity index (χ4v) is 5.66. The first-order valence-corrected chi connectivity index (χ1v) is 16.0. The molecule has 2 aliphatic carbocycles. The van der Waals surface area contributed by atoms with E-state index in [4.69, 9.17) is 0 Å². The molecule has 0 nitrogen and oxygen atoms in total. The molecule has 3 heteroatoms. The Balaban J connectivity index is 0.000000354. The van der Waals surface area contributed by atoms with Crippen molar-refractivity contribution >= 4 is 3.71 Å². The fraction of sp³-hybridized carbons (Fsp3) is 0.410. The molecule has 0 aliphatic heterocycles. The minimum absolute atomic E-state index is 0. The van der Waals surface area contributed by atoms with E-state index in [1.165, 1.54) is 74.3 Å². The van der Waals surface area contributed by atoms with Crippen LogP contribution < -0.4 is 24.8 Å². The molecular weight excluding hydrogens is 631 g/mol. The zero-order valence-corrected chi connectivity index (χ0v) is 31.4. The van der Waals surface area contributed by atoms with Crippen molar-refractivity contribution in [1.29, 1.82) is 0 Å². The van der Waals surface area contributed by atoms with Crippen LogP contribution in [0.1, 0.15) is 104 Å². The van der Waals surface area contributed by atoms with Gasteiger partial charge in [0.15, 0.2) is 0 Å². The van der Waals surface area contributed by atoms with Gasteiger partial charge in [0.2, 0.25) is 0 Å². The summed E-state index contributed by atoms with van der Waals surface area (Å²) in [5, 5.41) is 0.